The highest BCUT2D eigenvalue weighted by Gasteiger charge is 2.18. The van der Waals surface area contributed by atoms with Gasteiger partial charge in [0.15, 0.2) is 0 Å². The standard InChI is InChI=1S/C14H20ClNO4S/c1-4-5-8-16(2)14(17)10-11-6-7-12(20-3)13(9-11)21(15,18)19/h6-7,9H,4-5,8,10H2,1-3H3. The maximum atomic E-state index is 12.0. The number of carbonyl (C=O) groups is 1. The van der Waals surface area contributed by atoms with Gasteiger partial charge in [-0.2, -0.15) is 0 Å². The van der Waals surface area contributed by atoms with Crippen LogP contribution < -0.4 is 4.74 Å². The number of carbonyl (C=O) groups excluding carboxylic acids is 1. The van der Waals surface area contributed by atoms with Crippen LogP contribution in [0.15, 0.2) is 23.1 Å². The van der Waals surface area contributed by atoms with Gasteiger partial charge in [-0.25, -0.2) is 8.42 Å². The monoisotopic (exact) mass is 333 g/mol. The maximum Gasteiger partial charge on any atom is 0.264 e. The highest BCUT2D eigenvalue weighted by atomic mass is 35.7. The number of halogens is 1. The number of hydrogen-bond acceptors (Lipinski definition) is 4. The molecular formula is C14H20ClNO4S. The van der Waals surface area contributed by atoms with E-state index >= 15 is 0 Å². The van der Waals surface area contributed by atoms with Gasteiger partial charge in [0.05, 0.1) is 13.5 Å². The molecule has 1 aromatic carbocycles. The van der Waals surface area contributed by atoms with Crippen LogP contribution in [0.5, 0.6) is 5.75 Å². The van der Waals surface area contributed by atoms with E-state index in [1.807, 2.05) is 0 Å². The predicted octanol–water partition coefficient (Wildman–Crippen LogP) is 2.42. The third-order valence-electron chi connectivity index (χ3n) is 3.12. The zero-order valence-electron chi connectivity index (χ0n) is 12.4. The van der Waals surface area contributed by atoms with Gasteiger partial charge in [0.2, 0.25) is 5.91 Å². The van der Waals surface area contributed by atoms with E-state index < -0.39 is 9.05 Å². The highest BCUT2D eigenvalue weighted by molar-refractivity contribution is 8.13. The first kappa shape index (κ1) is 17.8. The minimum absolute atomic E-state index is 0.0634. The molecule has 5 nitrogen and oxygen atoms in total. The molecule has 0 saturated carbocycles. The molecule has 0 atom stereocenters. The Bertz CT molecular complexity index is 601. The zero-order chi connectivity index (χ0) is 16.0. The molecule has 1 amide bonds. The zero-order valence-corrected chi connectivity index (χ0v) is 14.0. The lowest BCUT2D eigenvalue weighted by Gasteiger charge is -2.17. The SMILES string of the molecule is CCCCN(C)C(=O)Cc1ccc(OC)c(S(=O)(=O)Cl)c1. The summed E-state index contributed by atoms with van der Waals surface area (Å²) in [6.45, 7) is 2.74. The molecule has 7 heteroatoms. The highest BCUT2D eigenvalue weighted by Crippen LogP contribution is 2.28. The smallest absolute Gasteiger partial charge is 0.264 e. The molecule has 0 fully saturated rings. The van der Waals surface area contributed by atoms with E-state index in [0.29, 0.717) is 12.1 Å². The molecule has 0 aliphatic rings. The van der Waals surface area contributed by atoms with Crippen molar-refractivity contribution in [2.75, 3.05) is 20.7 Å². The number of ether oxygens (including phenoxy) is 1. The van der Waals surface area contributed by atoms with E-state index in [4.69, 9.17) is 15.4 Å². The van der Waals surface area contributed by atoms with Crippen LogP contribution in [0.4, 0.5) is 0 Å². The van der Waals surface area contributed by atoms with Crippen LogP contribution in [-0.2, 0) is 20.3 Å². The van der Waals surface area contributed by atoms with Crippen molar-refractivity contribution in [3.63, 3.8) is 0 Å². The predicted molar refractivity (Wildman–Crippen MR) is 82.3 cm³/mol. The Morgan fingerprint density at radius 3 is 2.57 bits per heavy atom. The van der Waals surface area contributed by atoms with Crippen molar-refractivity contribution in [3.8, 4) is 5.75 Å². The Morgan fingerprint density at radius 2 is 2.05 bits per heavy atom. The van der Waals surface area contributed by atoms with Crippen molar-refractivity contribution in [2.24, 2.45) is 0 Å². The van der Waals surface area contributed by atoms with Gasteiger partial charge in [-0.1, -0.05) is 19.4 Å². The fourth-order valence-corrected chi connectivity index (χ4v) is 2.90. The molecule has 1 aromatic rings. The number of rotatable bonds is 7. The van der Waals surface area contributed by atoms with Gasteiger partial charge in [-0.05, 0) is 24.1 Å². The molecule has 1 rings (SSSR count). The van der Waals surface area contributed by atoms with Gasteiger partial charge in [-0.15, -0.1) is 0 Å². The molecule has 0 saturated heterocycles. The molecule has 0 aromatic heterocycles. The average molecular weight is 334 g/mol. The van der Waals surface area contributed by atoms with Gasteiger partial charge < -0.3 is 9.64 Å². The van der Waals surface area contributed by atoms with E-state index in [2.05, 4.69) is 6.92 Å². The first-order chi connectivity index (χ1) is 9.79. The fraction of sp³-hybridized carbons (Fsp3) is 0.500. The van der Waals surface area contributed by atoms with Gasteiger partial charge in [0.1, 0.15) is 10.6 Å². The quantitative estimate of drug-likeness (QED) is 0.719. The first-order valence-electron chi connectivity index (χ1n) is 6.65. The third kappa shape index (κ3) is 5.21. The van der Waals surface area contributed by atoms with Crippen LogP contribution in [0, 0.1) is 0 Å². The summed E-state index contributed by atoms with van der Waals surface area (Å²) in [4.78, 5) is 13.6. The van der Waals surface area contributed by atoms with Crippen molar-refractivity contribution in [3.05, 3.63) is 23.8 Å². The van der Waals surface area contributed by atoms with Gasteiger partial charge in [0, 0.05) is 24.3 Å². The topological polar surface area (TPSA) is 63.7 Å². The van der Waals surface area contributed by atoms with E-state index in [9.17, 15) is 13.2 Å². The largest absolute Gasteiger partial charge is 0.495 e. The Kier molecular flexibility index (Phi) is 6.48. The molecule has 0 heterocycles. The summed E-state index contributed by atoms with van der Waals surface area (Å²) in [5, 5.41) is 0. The summed E-state index contributed by atoms with van der Waals surface area (Å²) < 4.78 is 28.0. The maximum absolute atomic E-state index is 12.0. The van der Waals surface area contributed by atoms with Gasteiger partial charge in [0.25, 0.3) is 9.05 Å². The lowest BCUT2D eigenvalue weighted by Crippen LogP contribution is -2.29. The number of nitrogens with zero attached hydrogens (tertiary/aromatic N) is 1. The van der Waals surface area contributed by atoms with Crippen molar-refractivity contribution in [1.82, 2.24) is 4.90 Å². The van der Waals surface area contributed by atoms with Gasteiger partial charge in [-0.3, -0.25) is 4.79 Å². The molecule has 0 bridgehead atoms. The number of methoxy groups -OCH3 is 1. The van der Waals surface area contributed by atoms with E-state index in [-0.39, 0.29) is 23.0 Å². The van der Waals surface area contributed by atoms with Crippen LogP contribution in [0.3, 0.4) is 0 Å². The molecule has 0 aliphatic carbocycles. The Labute approximate surface area is 130 Å². The fourth-order valence-electron chi connectivity index (χ4n) is 1.85. The number of benzene rings is 1. The van der Waals surface area contributed by atoms with Gasteiger partial charge >= 0.3 is 0 Å². The van der Waals surface area contributed by atoms with Crippen molar-refractivity contribution >= 4 is 25.6 Å². The molecule has 118 valence electrons. The summed E-state index contributed by atoms with van der Waals surface area (Å²) >= 11 is 0. The normalized spacial score (nSPS) is 11.2. The molecule has 0 unspecified atom stereocenters. The summed E-state index contributed by atoms with van der Waals surface area (Å²) in [6, 6.07) is 4.55. The Balaban J connectivity index is 2.93. The molecule has 0 aliphatic heterocycles. The summed E-state index contributed by atoms with van der Waals surface area (Å²) in [6.07, 6.45) is 2.07. The molecule has 0 spiro atoms. The lowest BCUT2D eigenvalue weighted by atomic mass is 10.1. The van der Waals surface area contributed by atoms with E-state index in [0.717, 1.165) is 12.8 Å². The van der Waals surface area contributed by atoms with Crippen molar-refractivity contribution in [2.45, 2.75) is 31.1 Å². The molecule has 21 heavy (non-hydrogen) atoms. The molecule has 0 radical (unpaired) electrons. The minimum atomic E-state index is -3.92. The first-order valence-corrected chi connectivity index (χ1v) is 8.96. The molecular weight excluding hydrogens is 314 g/mol. The van der Waals surface area contributed by atoms with Crippen LogP contribution >= 0.6 is 10.7 Å². The van der Waals surface area contributed by atoms with E-state index in [1.54, 1.807) is 18.0 Å². The number of likely N-dealkylation sites (N-methyl/N-ethyl adjacent to an activating group) is 1. The summed E-state index contributed by atoms with van der Waals surface area (Å²) in [7, 11) is 4.57. The Hall–Kier alpha value is -1.27. The Morgan fingerprint density at radius 1 is 1.38 bits per heavy atom. The van der Waals surface area contributed by atoms with Crippen LogP contribution in [0.1, 0.15) is 25.3 Å². The van der Waals surface area contributed by atoms with Crippen molar-refractivity contribution < 1.29 is 17.9 Å². The summed E-state index contributed by atoms with van der Waals surface area (Å²) in [5.74, 6) is 0.104. The number of amides is 1. The number of hydrogen-bond donors (Lipinski definition) is 0. The number of unbranched alkanes of at least 4 members (excludes halogenated alkanes) is 1. The van der Waals surface area contributed by atoms with Crippen LogP contribution in [0.2, 0.25) is 0 Å². The van der Waals surface area contributed by atoms with E-state index in [1.165, 1.54) is 19.2 Å². The second-order valence-electron chi connectivity index (χ2n) is 4.77. The average Bonchev–Trinajstić information content (AvgIpc) is 2.43. The van der Waals surface area contributed by atoms with Crippen LogP contribution in [-0.4, -0.2) is 39.9 Å². The second kappa shape index (κ2) is 7.66. The third-order valence-corrected chi connectivity index (χ3v) is 4.46. The molecule has 0 N–H and O–H groups in total. The second-order valence-corrected chi connectivity index (χ2v) is 7.30. The summed E-state index contributed by atoms with van der Waals surface area (Å²) in [5.41, 5.74) is 0.586. The lowest BCUT2D eigenvalue weighted by molar-refractivity contribution is -0.129. The minimum Gasteiger partial charge on any atom is -0.495 e. The van der Waals surface area contributed by atoms with Crippen molar-refractivity contribution in [1.29, 1.82) is 0 Å². The van der Waals surface area contributed by atoms with Crippen LogP contribution in [0.25, 0.3) is 0 Å².